The summed E-state index contributed by atoms with van der Waals surface area (Å²) < 4.78 is 12.6. The van der Waals surface area contributed by atoms with E-state index in [1.807, 2.05) is 58.0 Å². The summed E-state index contributed by atoms with van der Waals surface area (Å²) in [5, 5.41) is 0. The highest BCUT2D eigenvalue weighted by atomic mass is 16.5. The van der Waals surface area contributed by atoms with Crippen LogP contribution in [0.15, 0.2) is 48.5 Å². The van der Waals surface area contributed by atoms with Gasteiger partial charge in [-0.15, -0.1) is 0 Å². The first-order valence-corrected chi connectivity index (χ1v) is 9.17. The zero-order chi connectivity index (χ0) is 18.6. The highest BCUT2D eigenvalue weighted by Gasteiger charge is 2.20. The molecule has 140 valence electrons. The van der Waals surface area contributed by atoms with Crippen LogP contribution in [0.5, 0.6) is 5.75 Å². The van der Waals surface area contributed by atoms with Gasteiger partial charge >= 0.3 is 0 Å². The molecule has 0 spiro atoms. The van der Waals surface area contributed by atoms with E-state index in [0.717, 1.165) is 28.2 Å². The molecule has 1 aromatic heterocycles. The number of hydrogen-bond donors (Lipinski definition) is 0. The SMILES string of the molecule is COc1ccc(Cc2nc3ccccc3n2CC(=O)N2CCOCC2)cc1. The molecular formula is C21H23N3O3. The Morgan fingerprint density at radius 1 is 1.11 bits per heavy atom. The molecule has 1 fully saturated rings. The van der Waals surface area contributed by atoms with E-state index >= 15 is 0 Å². The number of amides is 1. The second-order valence-electron chi connectivity index (χ2n) is 6.62. The highest BCUT2D eigenvalue weighted by Crippen LogP contribution is 2.20. The molecule has 2 heterocycles. The van der Waals surface area contributed by atoms with Crippen LogP contribution in [-0.2, 0) is 22.5 Å². The van der Waals surface area contributed by atoms with Crippen LogP contribution < -0.4 is 4.74 Å². The van der Waals surface area contributed by atoms with Crippen molar-refractivity contribution in [2.75, 3.05) is 33.4 Å². The van der Waals surface area contributed by atoms with Gasteiger partial charge in [0.25, 0.3) is 0 Å². The number of carbonyl (C=O) groups is 1. The molecule has 0 saturated carbocycles. The van der Waals surface area contributed by atoms with Crippen LogP contribution in [0.1, 0.15) is 11.4 Å². The molecule has 6 heteroatoms. The lowest BCUT2D eigenvalue weighted by molar-refractivity contribution is -0.135. The largest absolute Gasteiger partial charge is 0.497 e. The number of morpholine rings is 1. The summed E-state index contributed by atoms with van der Waals surface area (Å²) >= 11 is 0. The van der Waals surface area contributed by atoms with Crippen LogP contribution >= 0.6 is 0 Å². The maximum Gasteiger partial charge on any atom is 0.242 e. The number of rotatable bonds is 5. The van der Waals surface area contributed by atoms with E-state index in [2.05, 4.69) is 0 Å². The molecular weight excluding hydrogens is 342 g/mol. The molecule has 27 heavy (non-hydrogen) atoms. The van der Waals surface area contributed by atoms with E-state index in [0.29, 0.717) is 39.3 Å². The summed E-state index contributed by atoms with van der Waals surface area (Å²) in [5.41, 5.74) is 3.03. The van der Waals surface area contributed by atoms with Crippen molar-refractivity contribution in [2.45, 2.75) is 13.0 Å². The van der Waals surface area contributed by atoms with Gasteiger partial charge in [0.05, 0.1) is 31.4 Å². The summed E-state index contributed by atoms with van der Waals surface area (Å²) in [7, 11) is 1.66. The van der Waals surface area contributed by atoms with Crippen LogP contribution in [0.4, 0.5) is 0 Å². The molecule has 3 aromatic rings. The number of hydrogen-bond acceptors (Lipinski definition) is 4. The van der Waals surface area contributed by atoms with Crippen LogP contribution in [0.2, 0.25) is 0 Å². The first-order valence-electron chi connectivity index (χ1n) is 9.17. The lowest BCUT2D eigenvalue weighted by atomic mass is 10.1. The predicted octanol–water partition coefficient (Wildman–Crippen LogP) is 2.49. The van der Waals surface area contributed by atoms with Crippen molar-refractivity contribution in [1.29, 1.82) is 0 Å². The summed E-state index contributed by atoms with van der Waals surface area (Å²) in [5.74, 6) is 1.83. The number of fused-ring (bicyclic) bond motifs is 1. The fourth-order valence-corrected chi connectivity index (χ4v) is 3.41. The minimum atomic E-state index is 0.109. The van der Waals surface area contributed by atoms with Gasteiger partial charge in [0.2, 0.25) is 5.91 Å². The van der Waals surface area contributed by atoms with E-state index < -0.39 is 0 Å². The van der Waals surface area contributed by atoms with Crippen molar-refractivity contribution in [2.24, 2.45) is 0 Å². The van der Waals surface area contributed by atoms with E-state index in [9.17, 15) is 4.79 Å². The van der Waals surface area contributed by atoms with E-state index in [4.69, 9.17) is 14.5 Å². The van der Waals surface area contributed by atoms with Gasteiger partial charge in [-0.3, -0.25) is 4.79 Å². The first-order chi connectivity index (χ1) is 13.2. The van der Waals surface area contributed by atoms with E-state index in [1.165, 1.54) is 0 Å². The molecule has 1 aliphatic rings. The summed E-state index contributed by atoms with van der Waals surface area (Å²) in [6.07, 6.45) is 0.662. The fraction of sp³-hybridized carbons (Fsp3) is 0.333. The summed E-state index contributed by atoms with van der Waals surface area (Å²) in [6.45, 7) is 2.81. The number of methoxy groups -OCH3 is 1. The van der Waals surface area contributed by atoms with E-state index in [1.54, 1.807) is 7.11 Å². The molecule has 0 radical (unpaired) electrons. The Morgan fingerprint density at radius 3 is 2.59 bits per heavy atom. The zero-order valence-electron chi connectivity index (χ0n) is 15.4. The number of benzene rings is 2. The monoisotopic (exact) mass is 365 g/mol. The normalized spacial score (nSPS) is 14.5. The maximum atomic E-state index is 12.8. The van der Waals surface area contributed by atoms with Gasteiger partial charge in [0.1, 0.15) is 18.1 Å². The van der Waals surface area contributed by atoms with Gasteiger partial charge in [-0.1, -0.05) is 24.3 Å². The van der Waals surface area contributed by atoms with Crippen molar-refractivity contribution < 1.29 is 14.3 Å². The number of imidazole rings is 1. The van der Waals surface area contributed by atoms with Gasteiger partial charge in [-0.2, -0.15) is 0 Å². The first kappa shape index (κ1) is 17.5. The van der Waals surface area contributed by atoms with Gasteiger partial charge in [0.15, 0.2) is 0 Å². The maximum absolute atomic E-state index is 12.8. The Hall–Kier alpha value is -2.86. The van der Waals surface area contributed by atoms with Crippen molar-refractivity contribution in [3.63, 3.8) is 0 Å². The van der Waals surface area contributed by atoms with Gasteiger partial charge in [0, 0.05) is 19.5 Å². The van der Waals surface area contributed by atoms with Crippen molar-refractivity contribution in [3.05, 3.63) is 59.9 Å². The Morgan fingerprint density at radius 2 is 1.85 bits per heavy atom. The van der Waals surface area contributed by atoms with Crippen LogP contribution in [-0.4, -0.2) is 53.8 Å². The Bertz CT molecular complexity index is 927. The molecule has 1 amide bonds. The quantitative estimate of drug-likeness (QED) is 0.697. The van der Waals surface area contributed by atoms with Crippen LogP contribution in [0.3, 0.4) is 0 Å². The standard InChI is InChI=1S/C21H23N3O3/c1-26-17-8-6-16(7-9-17)14-20-22-18-4-2-3-5-19(18)24(20)15-21(25)23-10-12-27-13-11-23/h2-9H,10-15H2,1H3. The molecule has 0 atom stereocenters. The number of ether oxygens (including phenoxy) is 2. The average Bonchev–Trinajstić information content (AvgIpc) is 3.06. The number of nitrogens with zero attached hydrogens (tertiary/aromatic N) is 3. The smallest absolute Gasteiger partial charge is 0.242 e. The number of para-hydroxylation sites is 2. The predicted molar refractivity (Wildman–Crippen MR) is 103 cm³/mol. The third kappa shape index (κ3) is 3.80. The zero-order valence-corrected chi connectivity index (χ0v) is 15.4. The number of aromatic nitrogens is 2. The minimum Gasteiger partial charge on any atom is -0.497 e. The molecule has 0 bridgehead atoms. The molecule has 0 N–H and O–H groups in total. The lowest BCUT2D eigenvalue weighted by Crippen LogP contribution is -2.42. The average molecular weight is 365 g/mol. The van der Waals surface area contributed by atoms with Gasteiger partial charge < -0.3 is 18.9 Å². The lowest BCUT2D eigenvalue weighted by Gasteiger charge is -2.27. The minimum absolute atomic E-state index is 0.109. The summed E-state index contributed by atoms with van der Waals surface area (Å²) in [6, 6.07) is 15.9. The van der Waals surface area contributed by atoms with Gasteiger partial charge in [-0.05, 0) is 29.8 Å². The Kier molecular flexibility index (Phi) is 5.07. The molecule has 4 rings (SSSR count). The fourth-order valence-electron chi connectivity index (χ4n) is 3.41. The van der Waals surface area contributed by atoms with E-state index in [-0.39, 0.29) is 5.91 Å². The topological polar surface area (TPSA) is 56.6 Å². The molecule has 6 nitrogen and oxygen atoms in total. The third-order valence-electron chi connectivity index (χ3n) is 4.91. The molecule has 0 unspecified atom stereocenters. The molecule has 1 saturated heterocycles. The third-order valence-corrected chi connectivity index (χ3v) is 4.91. The number of carbonyl (C=O) groups excluding carboxylic acids is 1. The molecule has 2 aromatic carbocycles. The van der Waals surface area contributed by atoms with Crippen LogP contribution in [0.25, 0.3) is 11.0 Å². The van der Waals surface area contributed by atoms with Gasteiger partial charge in [-0.25, -0.2) is 4.98 Å². The molecule has 1 aliphatic heterocycles. The second kappa shape index (κ2) is 7.80. The van der Waals surface area contributed by atoms with Crippen molar-refractivity contribution in [3.8, 4) is 5.75 Å². The highest BCUT2D eigenvalue weighted by molar-refractivity contribution is 5.81. The Labute approximate surface area is 158 Å². The van der Waals surface area contributed by atoms with Crippen molar-refractivity contribution >= 4 is 16.9 Å². The Balaban J connectivity index is 1.63. The second-order valence-corrected chi connectivity index (χ2v) is 6.62. The van der Waals surface area contributed by atoms with Crippen LogP contribution in [0, 0.1) is 0 Å². The molecule has 0 aliphatic carbocycles. The summed E-state index contributed by atoms with van der Waals surface area (Å²) in [4.78, 5) is 19.5. The van der Waals surface area contributed by atoms with Crippen molar-refractivity contribution in [1.82, 2.24) is 14.5 Å².